The molecule has 0 bridgehead atoms. The molecule has 0 heterocycles. The average Bonchev–Trinajstić information content (AvgIpc) is 2.77. The first-order valence-electron chi connectivity index (χ1n) is 8.91. The van der Waals surface area contributed by atoms with Gasteiger partial charge in [0.15, 0.2) is 11.5 Å². The topological polar surface area (TPSA) is 137 Å². The van der Waals surface area contributed by atoms with E-state index in [0.717, 1.165) is 6.21 Å². The van der Waals surface area contributed by atoms with Crippen LogP contribution in [-0.4, -0.2) is 37.9 Å². The third-order valence-corrected chi connectivity index (χ3v) is 5.54. The summed E-state index contributed by atoms with van der Waals surface area (Å²) in [5, 5.41) is 22.9. The second-order valence-corrected chi connectivity index (χ2v) is 7.96. The number of anilines is 1. The normalized spacial score (nSPS) is 11.3. The first kappa shape index (κ1) is 21.7. The molecule has 0 saturated carbocycles. The van der Waals surface area contributed by atoms with Gasteiger partial charge in [0.1, 0.15) is 5.75 Å². The van der Waals surface area contributed by atoms with Crippen molar-refractivity contribution < 1.29 is 28.2 Å². The number of phenolic OH excluding ortho intramolecular Hbond substituents is 2. The molecular formula is C21H19N3O6S. The van der Waals surface area contributed by atoms with Gasteiger partial charge in [0.25, 0.3) is 15.9 Å². The van der Waals surface area contributed by atoms with Gasteiger partial charge in [-0.05, 0) is 54.6 Å². The average molecular weight is 441 g/mol. The standard InChI is InChI=1S/C21H19N3O6S/c1-30-17-10-8-16(9-11-17)24-31(28,29)18-6-2-4-14(12-18)21(27)23-22-13-15-5-3-7-19(25)20(15)26/h2-13,24-26H,1H3,(H,23,27)/b22-13+. The first-order valence-corrected chi connectivity index (χ1v) is 10.4. The molecule has 0 radical (unpaired) electrons. The third kappa shape index (κ3) is 5.31. The molecule has 0 aliphatic heterocycles. The minimum Gasteiger partial charge on any atom is -0.504 e. The van der Waals surface area contributed by atoms with E-state index in [-0.39, 0.29) is 27.5 Å². The van der Waals surface area contributed by atoms with Gasteiger partial charge in [-0.3, -0.25) is 9.52 Å². The van der Waals surface area contributed by atoms with Crippen molar-refractivity contribution in [2.45, 2.75) is 4.90 Å². The summed E-state index contributed by atoms with van der Waals surface area (Å²) >= 11 is 0. The van der Waals surface area contributed by atoms with Gasteiger partial charge in [-0.15, -0.1) is 0 Å². The number of rotatable bonds is 7. The molecular weight excluding hydrogens is 422 g/mol. The Kier molecular flexibility index (Phi) is 6.41. The van der Waals surface area contributed by atoms with Crippen LogP contribution in [0.5, 0.6) is 17.2 Å². The molecule has 9 nitrogen and oxygen atoms in total. The maximum atomic E-state index is 12.6. The fraction of sp³-hybridized carbons (Fsp3) is 0.0476. The number of carbonyl (C=O) groups excluding carboxylic acids is 1. The molecule has 0 unspecified atom stereocenters. The molecule has 0 saturated heterocycles. The fourth-order valence-corrected chi connectivity index (χ4v) is 3.66. The molecule has 3 aromatic carbocycles. The Morgan fingerprint density at radius 1 is 1.03 bits per heavy atom. The minimum atomic E-state index is -3.93. The number of methoxy groups -OCH3 is 1. The summed E-state index contributed by atoms with van der Waals surface area (Å²) in [6.07, 6.45) is 1.15. The summed E-state index contributed by atoms with van der Waals surface area (Å²) in [4.78, 5) is 12.2. The van der Waals surface area contributed by atoms with Gasteiger partial charge < -0.3 is 14.9 Å². The van der Waals surface area contributed by atoms with Gasteiger partial charge in [0.2, 0.25) is 0 Å². The number of aromatic hydroxyl groups is 2. The van der Waals surface area contributed by atoms with Crippen molar-refractivity contribution in [1.82, 2.24) is 5.43 Å². The Labute approximate surface area is 178 Å². The van der Waals surface area contributed by atoms with Gasteiger partial charge in [-0.25, -0.2) is 13.8 Å². The lowest BCUT2D eigenvalue weighted by molar-refractivity contribution is 0.0955. The third-order valence-electron chi connectivity index (χ3n) is 4.16. The quantitative estimate of drug-likeness (QED) is 0.253. The number of hydrogen-bond donors (Lipinski definition) is 4. The summed E-state index contributed by atoms with van der Waals surface area (Å²) in [7, 11) is -2.43. The van der Waals surface area contributed by atoms with Crippen molar-refractivity contribution in [2.24, 2.45) is 5.10 Å². The SMILES string of the molecule is COc1ccc(NS(=O)(=O)c2cccc(C(=O)N/N=C/c3cccc(O)c3O)c2)cc1. The number of hydrogen-bond acceptors (Lipinski definition) is 7. The Bertz CT molecular complexity index is 1220. The number of carbonyl (C=O) groups is 1. The summed E-state index contributed by atoms with van der Waals surface area (Å²) in [5.41, 5.74) is 2.84. The van der Waals surface area contributed by atoms with Crippen molar-refractivity contribution in [3.8, 4) is 17.2 Å². The van der Waals surface area contributed by atoms with E-state index in [0.29, 0.717) is 11.4 Å². The van der Waals surface area contributed by atoms with Crippen LogP contribution >= 0.6 is 0 Å². The highest BCUT2D eigenvalue weighted by atomic mass is 32.2. The van der Waals surface area contributed by atoms with E-state index in [1.807, 2.05) is 0 Å². The zero-order chi connectivity index (χ0) is 22.4. The summed E-state index contributed by atoms with van der Waals surface area (Å²) in [5.74, 6) is -0.769. The number of ether oxygens (including phenoxy) is 1. The van der Waals surface area contributed by atoms with Crippen LogP contribution in [0.2, 0.25) is 0 Å². The summed E-state index contributed by atoms with van der Waals surface area (Å²) in [6, 6.07) is 16.1. The highest BCUT2D eigenvalue weighted by Gasteiger charge is 2.16. The summed E-state index contributed by atoms with van der Waals surface area (Å²) < 4.78 is 32.8. The maximum absolute atomic E-state index is 12.6. The van der Waals surface area contributed by atoms with Crippen LogP contribution in [0.15, 0.2) is 76.7 Å². The predicted molar refractivity (Wildman–Crippen MR) is 115 cm³/mol. The molecule has 4 N–H and O–H groups in total. The molecule has 0 atom stereocenters. The number of phenols is 2. The van der Waals surface area contributed by atoms with Crippen LogP contribution in [-0.2, 0) is 10.0 Å². The number of nitrogens with zero attached hydrogens (tertiary/aromatic N) is 1. The highest BCUT2D eigenvalue weighted by Crippen LogP contribution is 2.26. The van der Waals surface area contributed by atoms with Gasteiger partial charge in [-0.1, -0.05) is 12.1 Å². The zero-order valence-electron chi connectivity index (χ0n) is 16.3. The van der Waals surface area contributed by atoms with E-state index in [1.54, 1.807) is 24.3 Å². The second-order valence-electron chi connectivity index (χ2n) is 6.28. The van der Waals surface area contributed by atoms with Crippen LogP contribution < -0.4 is 14.9 Å². The number of amides is 1. The Balaban J connectivity index is 1.73. The number of para-hydroxylation sites is 1. The molecule has 1 amide bonds. The van der Waals surface area contributed by atoms with Gasteiger partial charge in [0, 0.05) is 16.8 Å². The molecule has 3 rings (SSSR count). The lowest BCUT2D eigenvalue weighted by Crippen LogP contribution is -2.19. The molecule has 0 fully saturated rings. The van der Waals surface area contributed by atoms with Gasteiger partial charge in [0.05, 0.1) is 18.2 Å². The molecule has 0 spiro atoms. The largest absolute Gasteiger partial charge is 0.504 e. The maximum Gasteiger partial charge on any atom is 0.271 e. The van der Waals surface area contributed by atoms with Crippen LogP contribution in [0.1, 0.15) is 15.9 Å². The first-order chi connectivity index (χ1) is 14.8. The van der Waals surface area contributed by atoms with E-state index in [4.69, 9.17) is 4.74 Å². The molecule has 160 valence electrons. The molecule has 0 aliphatic carbocycles. The number of nitrogens with one attached hydrogen (secondary N) is 2. The van der Waals surface area contributed by atoms with Gasteiger partial charge >= 0.3 is 0 Å². The number of sulfonamides is 1. The van der Waals surface area contributed by atoms with Crippen LogP contribution in [0.4, 0.5) is 5.69 Å². The zero-order valence-corrected chi connectivity index (χ0v) is 17.1. The Morgan fingerprint density at radius 2 is 1.74 bits per heavy atom. The monoisotopic (exact) mass is 441 g/mol. The van der Waals surface area contributed by atoms with Crippen LogP contribution in [0.25, 0.3) is 0 Å². The van der Waals surface area contributed by atoms with E-state index >= 15 is 0 Å². The molecule has 10 heteroatoms. The Morgan fingerprint density at radius 3 is 2.45 bits per heavy atom. The van der Waals surface area contributed by atoms with Crippen molar-refractivity contribution in [2.75, 3.05) is 11.8 Å². The second kappa shape index (κ2) is 9.18. The van der Waals surface area contributed by atoms with Crippen LogP contribution in [0.3, 0.4) is 0 Å². The van der Waals surface area contributed by atoms with E-state index < -0.39 is 15.9 Å². The van der Waals surface area contributed by atoms with Crippen LogP contribution in [0, 0.1) is 0 Å². The van der Waals surface area contributed by atoms with E-state index in [9.17, 15) is 23.4 Å². The minimum absolute atomic E-state index is 0.0647. The van der Waals surface area contributed by atoms with Crippen molar-refractivity contribution in [1.29, 1.82) is 0 Å². The highest BCUT2D eigenvalue weighted by molar-refractivity contribution is 7.92. The van der Waals surface area contributed by atoms with Crippen molar-refractivity contribution >= 4 is 27.8 Å². The number of hydrazone groups is 1. The number of benzene rings is 3. The van der Waals surface area contributed by atoms with E-state index in [1.165, 1.54) is 49.6 Å². The smallest absolute Gasteiger partial charge is 0.271 e. The molecule has 0 aliphatic rings. The predicted octanol–water partition coefficient (Wildman–Crippen LogP) is 2.67. The molecule has 31 heavy (non-hydrogen) atoms. The Hall–Kier alpha value is -4.05. The summed E-state index contributed by atoms with van der Waals surface area (Å²) in [6.45, 7) is 0. The van der Waals surface area contributed by atoms with Gasteiger partial charge in [-0.2, -0.15) is 5.10 Å². The molecule has 0 aromatic heterocycles. The van der Waals surface area contributed by atoms with Crippen molar-refractivity contribution in [3.63, 3.8) is 0 Å². The molecule has 3 aromatic rings. The lowest BCUT2D eigenvalue weighted by Gasteiger charge is -2.10. The fourth-order valence-electron chi connectivity index (χ4n) is 2.56. The van der Waals surface area contributed by atoms with Crippen molar-refractivity contribution in [3.05, 3.63) is 77.9 Å². The lowest BCUT2D eigenvalue weighted by atomic mass is 10.2. The van der Waals surface area contributed by atoms with E-state index in [2.05, 4.69) is 15.2 Å².